The molecule has 3 rings (SSSR count). The molecule has 0 spiro atoms. The van der Waals surface area contributed by atoms with Crippen LogP contribution in [0.1, 0.15) is 36.1 Å². The fourth-order valence-electron chi connectivity index (χ4n) is 3.53. The summed E-state index contributed by atoms with van der Waals surface area (Å²) in [7, 11) is 0. The van der Waals surface area contributed by atoms with Gasteiger partial charge in [0.1, 0.15) is 0 Å². The Labute approximate surface area is 131 Å². The average Bonchev–Trinajstić information content (AvgIpc) is 2.55. The number of benzene rings is 2. The van der Waals surface area contributed by atoms with Gasteiger partial charge in [-0.3, -0.25) is 9.69 Å². The molecule has 114 valence electrons. The number of primary amides is 1. The van der Waals surface area contributed by atoms with Crippen molar-refractivity contribution >= 4 is 5.91 Å². The van der Waals surface area contributed by atoms with Crippen molar-refractivity contribution in [2.24, 2.45) is 5.73 Å². The largest absolute Gasteiger partial charge is 0.368 e. The molecule has 2 N–H and O–H groups in total. The first-order valence-corrected chi connectivity index (χ1v) is 7.90. The third-order valence-electron chi connectivity index (χ3n) is 4.55. The SMILES string of the molecule is CCC(C(N)=O)N1CCc2ccccc2C1c1ccccc1. The maximum absolute atomic E-state index is 11.9. The minimum absolute atomic E-state index is 0.101. The molecule has 3 heteroatoms. The quantitative estimate of drug-likeness (QED) is 0.942. The van der Waals surface area contributed by atoms with Gasteiger partial charge in [0, 0.05) is 6.54 Å². The average molecular weight is 294 g/mol. The summed E-state index contributed by atoms with van der Waals surface area (Å²) in [5.41, 5.74) is 9.53. The number of nitrogens with two attached hydrogens (primary N) is 1. The Hall–Kier alpha value is -2.13. The molecular weight excluding hydrogens is 272 g/mol. The highest BCUT2D eigenvalue weighted by molar-refractivity contribution is 5.80. The van der Waals surface area contributed by atoms with Gasteiger partial charge in [-0.25, -0.2) is 0 Å². The van der Waals surface area contributed by atoms with Crippen molar-refractivity contribution in [1.82, 2.24) is 4.90 Å². The van der Waals surface area contributed by atoms with Crippen molar-refractivity contribution < 1.29 is 4.79 Å². The smallest absolute Gasteiger partial charge is 0.234 e. The highest BCUT2D eigenvalue weighted by Crippen LogP contribution is 2.36. The molecule has 0 fully saturated rings. The van der Waals surface area contributed by atoms with E-state index < -0.39 is 0 Å². The Morgan fingerprint density at radius 1 is 1.18 bits per heavy atom. The number of hydrogen-bond donors (Lipinski definition) is 1. The van der Waals surface area contributed by atoms with E-state index in [0.29, 0.717) is 0 Å². The zero-order valence-electron chi connectivity index (χ0n) is 12.9. The molecule has 1 aliphatic rings. The Bertz CT molecular complexity index is 653. The molecule has 1 amide bonds. The van der Waals surface area contributed by atoms with Crippen LogP contribution < -0.4 is 5.73 Å². The zero-order chi connectivity index (χ0) is 15.5. The van der Waals surface area contributed by atoms with Crippen LogP contribution in [0, 0.1) is 0 Å². The molecule has 2 unspecified atom stereocenters. The van der Waals surface area contributed by atoms with E-state index in [4.69, 9.17) is 5.73 Å². The Morgan fingerprint density at radius 2 is 1.86 bits per heavy atom. The lowest BCUT2D eigenvalue weighted by Gasteiger charge is -2.41. The fraction of sp³-hybridized carbons (Fsp3) is 0.316. The molecule has 1 aliphatic heterocycles. The van der Waals surface area contributed by atoms with Crippen molar-refractivity contribution in [2.45, 2.75) is 31.8 Å². The maximum Gasteiger partial charge on any atom is 0.234 e. The summed E-state index contributed by atoms with van der Waals surface area (Å²) in [6.07, 6.45) is 1.70. The highest BCUT2D eigenvalue weighted by Gasteiger charge is 2.34. The Kier molecular flexibility index (Phi) is 4.25. The first-order valence-electron chi connectivity index (χ1n) is 7.90. The van der Waals surface area contributed by atoms with Gasteiger partial charge >= 0.3 is 0 Å². The van der Waals surface area contributed by atoms with Crippen LogP contribution in [-0.2, 0) is 11.2 Å². The van der Waals surface area contributed by atoms with Crippen LogP contribution in [0.5, 0.6) is 0 Å². The molecule has 0 aromatic heterocycles. The number of fused-ring (bicyclic) bond motifs is 1. The number of nitrogens with zero attached hydrogens (tertiary/aromatic N) is 1. The second-order valence-corrected chi connectivity index (χ2v) is 5.83. The first kappa shape index (κ1) is 14.8. The zero-order valence-corrected chi connectivity index (χ0v) is 12.9. The molecule has 3 nitrogen and oxygen atoms in total. The normalized spacial score (nSPS) is 19.4. The predicted molar refractivity (Wildman–Crippen MR) is 88.4 cm³/mol. The summed E-state index contributed by atoms with van der Waals surface area (Å²) >= 11 is 0. The van der Waals surface area contributed by atoms with Crippen LogP contribution >= 0.6 is 0 Å². The van der Waals surface area contributed by atoms with Crippen LogP contribution in [0.25, 0.3) is 0 Å². The van der Waals surface area contributed by atoms with E-state index in [-0.39, 0.29) is 18.0 Å². The third kappa shape index (κ3) is 2.64. The lowest BCUT2D eigenvalue weighted by Crippen LogP contribution is -2.49. The molecule has 2 aromatic rings. The second-order valence-electron chi connectivity index (χ2n) is 5.83. The van der Waals surface area contributed by atoms with Gasteiger partial charge in [-0.2, -0.15) is 0 Å². The third-order valence-corrected chi connectivity index (χ3v) is 4.55. The molecule has 0 aliphatic carbocycles. The van der Waals surface area contributed by atoms with Crippen molar-refractivity contribution in [3.63, 3.8) is 0 Å². The lowest BCUT2D eigenvalue weighted by molar-refractivity contribution is -0.124. The van der Waals surface area contributed by atoms with Crippen molar-refractivity contribution in [3.05, 3.63) is 71.3 Å². The van der Waals surface area contributed by atoms with Crippen molar-refractivity contribution in [2.75, 3.05) is 6.54 Å². The topological polar surface area (TPSA) is 46.3 Å². The van der Waals surface area contributed by atoms with Gasteiger partial charge < -0.3 is 5.73 Å². The highest BCUT2D eigenvalue weighted by atomic mass is 16.1. The predicted octanol–water partition coefficient (Wildman–Crippen LogP) is 2.90. The molecule has 0 saturated heterocycles. The van der Waals surface area contributed by atoms with E-state index >= 15 is 0 Å². The number of hydrogen-bond acceptors (Lipinski definition) is 2. The van der Waals surface area contributed by atoms with Crippen LogP contribution in [0.3, 0.4) is 0 Å². The lowest BCUT2D eigenvalue weighted by atomic mass is 9.86. The fourth-order valence-corrected chi connectivity index (χ4v) is 3.53. The van der Waals surface area contributed by atoms with E-state index in [1.54, 1.807) is 0 Å². The van der Waals surface area contributed by atoms with E-state index in [9.17, 15) is 4.79 Å². The summed E-state index contributed by atoms with van der Waals surface area (Å²) < 4.78 is 0. The second kappa shape index (κ2) is 6.32. The number of rotatable bonds is 4. The molecule has 0 saturated carbocycles. The summed E-state index contributed by atoms with van der Waals surface area (Å²) in [6, 6.07) is 18.8. The van der Waals surface area contributed by atoms with E-state index in [0.717, 1.165) is 19.4 Å². The minimum Gasteiger partial charge on any atom is -0.368 e. The van der Waals surface area contributed by atoms with Crippen molar-refractivity contribution in [1.29, 1.82) is 0 Å². The summed E-state index contributed by atoms with van der Waals surface area (Å²) in [4.78, 5) is 14.2. The monoisotopic (exact) mass is 294 g/mol. The van der Waals surface area contributed by atoms with Crippen LogP contribution in [0.15, 0.2) is 54.6 Å². The molecule has 2 atom stereocenters. The molecule has 22 heavy (non-hydrogen) atoms. The van der Waals surface area contributed by atoms with Gasteiger partial charge in [-0.05, 0) is 29.5 Å². The van der Waals surface area contributed by atoms with Gasteiger partial charge in [0.15, 0.2) is 0 Å². The molecule has 1 heterocycles. The van der Waals surface area contributed by atoms with Gasteiger partial charge in [0.05, 0.1) is 12.1 Å². The van der Waals surface area contributed by atoms with Gasteiger partial charge in [0.2, 0.25) is 5.91 Å². The Morgan fingerprint density at radius 3 is 2.55 bits per heavy atom. The molecular formula is C19H22N2O. The van der Waals surface area contributed by atoms with Crippen LogP contribution in [-0.4, -0.2) is 23.4 Å². The number of amides is 1. The summed E-state index contributed by atoms with van der Waals surface area (Å²) in [5.74, 6) is -0.234. The van der Waals surface area contributed by atoms with Gasteiger partial charge in [0.25, 0.3) is 0 Å². The molecule has 0 radical (unpaired) electrons. The summed E-state index contributed by atoms with van der Waals surface area (Å²) in [5, 5.41) is 0. The molecule has 0 bridgehead atoms. The van der Waals surface area contributed by atoms with Crippen LogP contribution in [0.2, 0.25) is 0 Å². The van der Waals surface area contributed by atoms with E-state index in [1.165, 1.54) is 16.7 Å². The minimum atomic E-state index is -0.234. The summed E-state index contributed by atoms with van der Waals surface area (Å²) in [6.45, 7) is 2.88. The number of carbonyl (C=O) groups is 1. The Balaban J connectivity index is 2.09. The molecule has 2 aromatic carbocycles. The van der Waals surface area contributed by atoms with Crippen molar-refractivity contribution in [3.8, 4) is 0 Å². The van der Waals surface area contributed by atoms with Gasteiger partial charge in [-0.1, -0.05) is 61.5 Å². The first-order chi connectivity index (χ1) is 10.7. The van der Waals surface area contributed by atoms with E-state index in [2.05, 4.69) is 53.4 Å². The number of carbonyl (C=O) groups excluding carboxylic acids is 1. The maximum atomic E-state index is 11.9. The van der Waals surface area contributed by atoms with Crippen LogP contribution in [0.4, 0.5) is 0 Å². The van der Waals surface area contributed by atoms with E-state index in [1.807, 2.05) is 13.0 Å². The standard InChI is InChI=1S/C19H22N2O/c1-2-17(19(20)22)21-13-12-14-8-6-7-11-16(14)18(21)15-9-4-3-5-10-15/h3-11,17-18H,2,12-13H2,1H3,(H2,20,22). The van der Waals surface area contributed by atoms with Gasteiger partial charge in [-0.15, -0.1) is 0 Å².